The van der Waals surface area contributed by atoms with Crippen LogP contribution < -0.4 is 0 Å². The van der Waals surface area contributed by atoms with Crippen LogP contribution in [-0.4, -0.2) is 16.6 Å². The molecule has 1 aromatic heterocycles. The summed E-state index contributed by atoms with van der Waals surface area (Å²) in [5.74, 6) is -0.0903. The number of ketones is 1. The van der Waals surface area contributed by atoms with E-state index >= 15 is 0 Å². The van der Waals surface area contributed by atoms with Crippen molar-refractivity contribution >= 4 is 40.1 Å². The number of carbonyl (C=O) groups is 1. The average Bonchev–Trinajstić information content (AvgIpc) is 2.71. The molecule has 0 saturated heterocycles. The van der Waals surface area contributed by atoms with E-state index in [1.807, 2.05) is 6.07 Å². The van der Waals surface area contributed by atoms with Crippen LogP contribution in [0.2, 0.25) is 0 Å². The fourth-order valence-electron chi connectivity index (χ4n) is 1.29. The molecular weight excluding hydrogens is 237 g/mol. The predicted molar refractivity (Wildman–Crippen MR) is 58.6 cm³/mol. The van der Waals surface area contributed by atoms with Gasteiger partial charge in [0.1, 0.15) is 5.52 Å². The van der Waals surface area contributed by atoms with Gasteiger partial charge in [0.25, 0.3) is 5.89 Å². The number of hydrogen-bond acceptors (Lipinski definition) is 3. The van der Waals surface area contributed by atoms with Crippen LogP contribution >= 0.6 is 23.2 Å². The Morgan fingerprint density at radius 1 is 1.40 bits per heavy atom. The number of rotatable bonds is 3. The minimum absolute atomic E-state index is 0.0394. The summed E-state index contributed by atoms with van der Waals surface area (Å²) in [6.07, 6.45) is 0. The van der Waals surface area contributed by atoms with E-state index in [9.17, 15) is 4.79 Å². The average molecular weight is 244 g/mol. The van der Waals surface area contributed by atoms with Crippen molar-refractivity contribution in [2.24, 2.45) is 0 Å². The smallest absolute Gasteiger partial charge is 0.265 e. The number of alkyl halides is 2. The molecule has 2 rings (SSSR count). The molecule has 0 fully saturated rings. The Bertz CT molecular complexity index is 507. The Hall–Kier alpha value is -1.06. The summed E-state index contributed by atoms with van der Waals surface area (Å²) in [7, 11) is 0. The van der Waals surface area contributed by atoms with Gasteiger partial charge in [-0.3, -0.25) is 4.79 Å². The van der Waals surface area contributed by atoms with Gasteiger partial charge in [0, 0.05) is 5.88 Å². The van der Waals surface area contributed by atoms with Crippen molar-refractivity contribution in [3.8, 4) is 0 Å². The molecule has 5 heteroatoms. The lowest BCUT2D eigenvalue weighted by Crippen LogP contribution is -1.99. The third kappa shape index (κ3) is 1.85. The summed E-state index contributed by atoms with van der Waals surface area (Å²) in [5.41, 5.74) is 2.02. The zero-order chi connectivity index (χ0) is 10.8. The molecule has 0 atom stereocenters. The van der Waals surface area contributed by atoms with Crippen molar-refractivity contribution in [3.05, 3.63) is 29.7 Å². The summed E-state index contributed by atoms with van der Waals surface area (Å²) in [6, 6.07) is 5.39. The van der Waals surface area contributed by atoms with Gasteiger partial charge >= 0.3 is 0 Å². The molecule has 0 N–H and O–H groups in total. The first kappa shape index (κ1) is 10.5. The van der Waals surface area contributed by atoms with Crippen LogP contribution in [0.15, 0.2) is 22.6 Å². The first-order chi connectivity index (χ1) is 7.26. The molecule has 0 aliphatic carbocycles. The number of hydrogen-bond donors (Lipinski definition) is 0. The molecule has 3 nitrogen and oxygen atoms in total. The molecule has 78 valence electrons. The third-order valence-corrected chi connectivity index (χ3v) is 2.54. The first-order valence-corrected chi connectivity index (χ1v) is 5.36. The van der Waals surface area contributed by atoms with Gasteiger partial charge in [-0.05, 0) is 11.6 Å². The van der Waals surface area contributed by atoms with Crippen LogP contribution in [0.5, 0.6) is 0 Å². The predicted octanol–water partition coefficient (Wildman–Crippen LogP) is 2.99. The van der Waals surface area contributed by atoms with E-state index < -0.39 is 0 Å². The van der Waals surface area contributed by atoms with Gasteiger partial charge in [-0.25, -0.2) is 4.98 Å². The highest BCUT2D eigenvalue weighted by atomic mass is 35.5. The highest BCUT2D eigenvalue weighted by Crippen LogP contribution is 2.21. The SMILES string of the molecule is O=C(CCl)c1nc2c(CCl)cccc2o1. The Morgan fingerprint density at radius 3 is 2.87 bits per heavy atom. The van der Waals surface area contributed by atoms with E-state index in [4.69, 9.17) is 27.6 Å². The standard InChI is InChI=1S/C10H7Cl2NO2/c11-4-6-2-1-3-8-9(6)13-10(15-8)7(14)5-12/h1-3H,4-5H2. The second-order valence-electron chi connectivity index (χ2n) is 2.97. The van der Waals surface area contributed by atoms with Crippen molar-refractivity contribution in [3.63, 3.8) is 0 Å². The van der Waals surface area contributed by atoms with Crippen molar-refractivity contribution in [2.45, 2.75) is 5.88 Å². The van der Waals surface area contributed by atoms with Gasteiger partial charge in [0.15, 0.2) is 5.58 Å². The topological polar surface area (TPSA) is 43.1 Å². The minimum atomic E-state index is -0.326. The number of aromatic nitrogens is 1. The van der Waals surface area contributed by atoms with Crippen LogP contribution in [0, 0.1) is 0 Å². The van der Waals surface area contributed by atoms with Gasteiger partial charge < -0.3 is 4.42 Å². The van der Waals surface area contributed by atoms with Crippen LogP contribution in [0.3, 0.4) is 0 Å². The first-order valence-electron chi connectivity index (χ1n) is 4.30. The lowest BCUT2D eigenvalue weighted by atomic mass is 10.2. The van der Waals surface area contributed by atoms with E-state index in [1.54, 1.807) is 12.1 Å². The summed E-state index contributed by atoms with van der Waals surface area (Å²) in [6.45, 7) is 0. The maximum atomic E-state index is 11.3. The maximum Gasteiger partial charge on any atom is 0.265 e. The number of para-hydroxylation sites is 1. The summed E-state index contributed by atoms with van der Waals surface area (Å²) < 4.78 is 5.26. The second-order valence-corrected chi connectivity index (χ2v) is 3.51. The Kier molecular flexibility index (Phi) is 2.93. The normalized spacial score (nSPS) is 10.8. The molecule has 15 heavy (non-hydrogen) atoms. The van der Waals surface area contributed by atoms with Crippen LogP contribution in [0.1, 0.15) is 16.2 Å². The summed E-state index contributed by atoms with van der Waals surface area (Å²) in [4.78, 5) is 15.3. The van der Waals surface area contributed by atoms with Crippen LogP contribution in [0.25, 0.3) is 11.1 Å². The number of Topliss-reactive ketones (excluding diaryl/α,β-unsaturated/α-hetero) is 1. The summed E-state index contributed by atoms with van der Waals surface area (Å²) in [5, 5.41) is 0. The number of fused-ring (bicyclic) bond motifs is 1. The third-order valence-electron chi connectivity index (χ3n) is 2.01. The Morgan fingerprint density at radius 2 is 2.20 bits per heavy atom. The fourth-order valence-corrected chi connectivity index (χ4v) is 1.62. The lowest BCUT2D eigenvalue weighted by Gasteiger charge is -1.92. The van der Waals surface area contributed by atoms with E-state index in [0.717, 1.165) is 5.56 Å². The molecule has 0 aliphatic rings. The molecule has 0 aliphatic heterocycles. The van der Waals surface area contributed by atoms with Crippen LogP contribution in [-0.2, 0) is 5.88 Å². The quantitative estimate of drug-likeness (QED) is 0.615. The molecule has 0 radical (unpaired) electrons. The van der Waals surface area contributed by atoms with Crippen LogP contribution in [0.4, 0.5) is 0 Å². The molecule has 0 saturated carbocycles. The van der Waals surface area contributed by atoms with Crippen molar-refractivity contribution in [1.82, 2.24) is 4.98 Å². The van der Waals surface area contributed by atoms with Gasteiger partial charge in [-0.1, -0.05) is 12.1 Å². The highest BCUT2D eigenvalue weighted by Gasteiger charge is 2.14. The zero-order valence-corrected chi connectivity index (χ0v) is 9.18. The van der Waals surface area contributed by atoms with Gasteiger partial charge in [0.05, 0.1) is 5.88 Å². The lowest BCUT2D eigenvalue weighted by molar-refractivity contribution is 0.0986. The largest absolute Gasteiger partial charge is 0.434 e. The number of carbonyl (C=O) groups excluding carboxylic acids is 1. The molecule has 0 amide bonds. The number of halogens is 2. The summed E-state index contributed by atoms with van der Waals surface area (Å²) >= 11 is 11.1. The molecule has 0 spiro atoms. The Labute approximate surface area is 96.0 Å². The van der Waals surface area contributed by atoms with E-state index in [1.165, 1.54) is 0 Å². The molecule has 0 bridgehead atoms. The van der Waals surface area contributed by atoms with Crippen molar-refractivity contribution in [2.75, 3.05) is 5.88 Å². The zero-order valence-electron chi connectivity index (χ0n) is 7.67. The molecule has 0 unspecified atom stereocenters. The number of oxazole rings is 1. The minimum Gasteiger partial charge on any atom is -0.434 e. The van der Waals surface area contributed by atoms with Crippen molar-refractivity contribution < 1.29 is 9.21 Å². The highest BCUT2D eigenvalue weighted by molar-refractivity contribution is 6.29. The van der Waals surface area contributed by atoms with E-state index in [2.05, 4.69) is 4.98 Å². The maximum absolute atomic E-state index is 11.3. The molecule has 1 heterocycles. The van der Waals surface area contributed by atoms with E-state index in [0.29, 0.717) is 17.0 Å². The second kappa shape index (κ2) is 4.21. The molecule has 1 aromatic carbocycles. The van der Waals surface area contributed by atoms with Gasteiger partial charge in [-0.2, -0.15) is 0 Å². The molecular formula is C10H7Cl2NO2. The fraction of sp³-hybridized carbons (Fsp3) is 0.200. The number of nitrogens with zero attached hydrogens (tertiary/aromatic N) is 1. The Balaban J connectivity index is 2.60. The van der Waals surface area contributed by atoms with Gasteiger partial charge in [0.2, 0.25) is 5.78 Å². The van der Waals surface area contributed by atoms with Gasteiger partial charge in [-0.15, -0.1) is 23.2 Å². The number of benzene rings is 1. The monoisotopic (exact) mass is 243 g/mol. The molecule has 2 aromatic rings. The van der Waals surface area contributed by atoms with E-state index in [-0.39, 0.29) is 17.6 Å². The van der Waals surface area contributed by atoms with Crippen molar-refractivity contribution in [1.29, 1.82) is 0 Å².